The molecule has 2 unspecified atom stereocenters. The van der Waals surface area contributed by atoms with Gasteiger partial charge in [-0.2, -0.15) is 0 Å². The smallest absolute Gasteiger partial charge is 0.157 e. The average molecular weight is 280 g/mol. The second-order valence-corrected chi connectivity index (χ2v) is 8.41. The van der Waals surface area contributed by atoms with Crippen LogP contribution < -0.4 is 0 Å². The highest BCUT2D eigenvalue weighted by Gasteiger charge is 2.54. The lowest BCUT2D eigenvalue weighted by Gasteiger charge is -2.38. The van der Waals surface area contributed by atoms with E-state index in [4.69, 9.17) is 4.84 Å². The van der Waals surface area contributed by atoms with E-state index in [9.17, 15) is 4.79 Å². The van der Waals surface area contributed by atoms with Gasteiger partial charge in [0.25, 0.3) is 0 Å². The minimum Gasteiger partial charge on any atom is -0.387 e. The lowest BCUT2D eigenvalue weighted by atomic mass is 9.83. The zero-order valence-electron chi connectivity index (χ0n) is 13.9. The Balaban J connectivity index is 2.28. The molecule has 2 atom stereocenters. The molecule has 0 aromatic carbocycles. The van der Waals surface area contributed by atoms with Crippen molar-refractivity contribution in [3.8, 4) is 0 Å². The number of nitrogens with zero attached hydrogens (tertiary/aromatic N) is 2. The highest BCUT2D eigenvalue weighted by molar-refractivity contribution is 5.90. The molecule has 0 aliphatic carbocycles. The Morgan fingerprint density at radius 1 is 1.30 bits per heavy atom. The topological polar surface area (TPSA) is 41.9 Å². The van der Waals surface area contributed by atoms with Gasteiger partial charge in [0.2, 0.25) is 0 Å². The second kappa shape index (κ2) is 4.55. The summed E-state index contributed by atoms with van der Waals surface area (Å²) in [4.78, 5) is 20.8. The first-order valence-electron chi connectivity index (χ1n) is 7.47. The van der Waals surface area contributed by atoms with Crippen LogP contribution in [0.15, 0.2) is 5.16 Å². The summed E-state index contributed by atoms with van der Waals surface area (Å²) < 4.78 is 0. The van der Waals surface area contributed by atoms with Crippen LogP contribution in [0.2, 0.25) is 0 Å². The molecule has 0 N–H and O–H groups in total. The molecule has 1 spiro atoms. The second-order valence-electron chi connectivity index (χ2n) is 8.41. The molecule has 20 heavy (non-hydrogen) atoms. The molecule has 2 aliphatic rings. The van der Waals surface area contributed by atoms with Gasteiger partial charge in [0.1, 0.15) is 0 Å². The molecular formula is C16H28N2O2. The van der Waals surface area contributed by atoms with Crippen LogP contribution in [-0.4, -0.2) is 40.1 Å². The van der Waals surface area contributed by atoms with E-state index in [0.717, 1.165) is 25.1 Å². The van der Waals surface area contributed by atoms with Crippen molar-refractivity contribution in [2.75, 3.05) is 6.54 Å². The number of likely N-dealkylation sites (tertiary alicyclic amines) is 1. The maximum absolute atomic E-state index is 12.8. The zero-order valence-corrected chi connectivity index (χ0v) is 13.9. The van der Waals surface area contributed by atoms with Gasteiger partial charge in [-0.3, -0.25) is 9.69 Å². The number of carbonyl (C=O) groups is 1. The van der Waals surface area contributed by atoms with Crippen molar-refractivity contribution in [2.45, 2.75) is 78.5 Å². The van der Waals surface area contributed by atoms with Crippen molar-refractivity contribution in [3.05, 3.63) is 0 Å². The quantitative estimate of drug-likeness (QED) is 0.741. The molecule has 0 radical (unpaired) electrons. The van der Waals surface area contributed by atoms with E-state index >= 15 is 0 Å². The first-order chi connectivity index (χ1) is 8.95. The van der Waals surface area contributed by atoms with Crippen molar-refractivity contribution in [1.82, 2.24) is 4.90 Å². The third kappa shape index (κ3) is 2.76. The van der Waals surface area contributed by atoms with Crippen LogP contribution in [0.3, 0.4) is 0 Å². The van der Waals surface area contributed by atoms with Crippen LogP contribution in [-0.2, 0) is 9.63 Å². The van der Waals surface area contributed by atoms with Crippen LogP contribution in [0.1, 0.15) is 61.3 Å². The third-order valence-electron chi connectivity index (χ3n) is 4.28. The number of oxime groups is 1. The van der Waals surface area contributed by atoms with Gasteiger partial charge in [0.15, 0.2) is 11.4 Å². The summed E-state index contributed by atoms with van der Waals surface area (Å²) in [5.74, 6) is 0.303. The molecule has 114 valence electrons. The summed E-state index contributed by atoms with van der Waals surface area (Å²) >= 11 is 0. The molecule has 4 nitrogen and oxygen atoms in total. The first-order valence-corrected chi connectivity index (χ1v) is 7.47. The molecule has 2 rings (SSSR count). The summed E-state index contributed by atoms with van der Waals surface area (Å²) in [6.07, 6.45) is 1.59. The number of hydrogen-bond acceptors (Lipinski definition) is 4. The van der Waals surface area contributed by atoms with E-state index in [1.165, 1.54) is 0 Å². The Morgan fingerprint density at radius 3 is 2.30 bits per heavy atom. The average Bonchev–Trinajstić information content (AvgIpc) is 2.80. The van der Waals surface area contributed by atoms with Crippen molar-refractivity contribution < 1.29 is 9.63 Å². The molecule has 1 fully saturated rings. The van der Waals surface area contributed by atoms with E-state index in [2.05, 4.69) is 30.8 Å². The van der Waals surface area contributed by atoms with Crippen molar-refractivity contribution >= 4 is 11.5 Å². The summed E-state index contributed by atoms with van der Waals surface area (Å²) in [6.45, 7) is 15.3. The third-order valence-corrected chi connectivity index (χ3v) is 4.28. The lowest BCUT2D eigenvalue weighted by molar-refractivity contribution is -0.132. The first kappa shape index (κ1) is 15.5. The summed E-state index contributed by atoms with van der Waals surface area (Å²) in [5.41, 5.74) is 0.370. The molecular weight excluding hydrogens is 252 g/mol. The summed E-state index contributed by atoms with van der Waals surface area (Å²) in [6, 6.07) is -0.0731. The fourth-order valence-electron chi connectivity index (χ4n) is 3.29. The van der Waals surface area contributed by atoms with E-state index in [0.29, 0.717) is 5.78 Å². The van der Waals surface area contributed by atoms with Gasteiger partial charge in [0, 0.05) is 30.3 Å². The molecule has 0 aromatic rings. The largest absolute Gasteiger partial charge is 0.387 e. The number of hydrogen-bond donors (Lipinski definition) is 0. The predicted octanol–water partition coefficient (Wildman–Crippen LogP) is 3.01. The normalized spacial score (nSPS) is 31.6. The predicted molar refractivity (Wildman–Crippen MR) is 80.9 cm³/mol. The van der Waals surface area contributed by atoms with Crippen LogP contribution in [0.5, 0.6) is 0 Å². The molecule has 2 aliphatic heterocycles. The summed E-state index contributed by atoms with van der Waals surface area (Å²) in [7, 11) is 0. The highest BCUT2D eigenvalue weighted by atomic mass is 16.7. The van der Waals surface area contributed by atoms with E-state index in [-0.39, 0.29) is 22.6 Å². The van der Waals surface area contributed by atoms with Crippen LogP contribution in [0, 0.1) is 5.41 Å². The molecule has 0 saturated carbocycles. The molecule has 2 heterocycles. The fraction of sp³-hybridized carbons (Fsp3) is 0.875. The Hall–Kier alpha value is -0.900. The molecule has 1 saturated heterocycles. The minimum atomic E-state index is -0.325. The van der Waals surface area contributed by atoms with Gasteiger partial charge in [-0.15, -0.1) is 0 Å². The van der Waals surface area contributed by atoms with Crippen LogP contribution in [0.25, 0.3) is 0 Å². The molecule has 0 bridgehead atoms. The van der Waals surface area contributed by atoms with Gasteiger partial charge >= 0.3 is 0 Å². The molecule has 0 amide bonds. The van der Waals surface area contributed by atoms with Crippen molar-refractivity contribution in [3.63, 3.8) is 0 Å². The Kier molecular flexibility index (Phi) is 3.52. The van der Waals surface area contributed by atoms with Gasteiger partial charge in [-0.05, 0) is 27.7 Å². The SMILES string of the molecule is CC1=NOC2(C1)CC(C(=O)C(C)(C)C)N(C(C)(C)C)C2. The van der Waals surface area contributed by atoms with Gasteiger partial charge in [-0.25, -0.2) is 0 Å². The Morgan fingerprint density at radius 2 is 1.90 bits per heavy atom. The van der Waals surface area contributed by atoms with Gasteiger partial charge < -0.3 is 4.84 Å². The van der Waals surface area contributed by atoms with Gasteiger partial charge in [0.05, 0.1) is 11.8 Å². The van der Waals surface area contributed by atoms with Gasteiger partial charge in [-0.1, -0.05) is 25.9 Å². The van der Waals surface area contributed by atoms with Crippen LogP contribution >= 0.6 is 0 Å². The monoisotopic (exact) mass is 280 g/mol. The highest BCUT2D eigenvalue weighted by Crippen LogP contribution is 2.42. The van der Waals surface area contributed by atoms with Crippen molar-refractivity contribution in [2.24, 2.45) is 10.6 Å². The maximum Gasteiger partial charge on any atom is 0.157 e. The van der Waals surface area contributed by atoms with Crippen molar-refractivity contribution in [1.29, 1.82) is 0 Å². The molecule has 4 heteroatoms. The molecule has 0 aromatic heterocycles. The van der Waals surface area contributed by atoms with Crippen LogP contribution in [0.4, 0.5) is 0 Å². The maximum atomic E-state index is 12.8. The Bertz CT molecular complexity index is 442. The standard InChI is InChI=1S/C16H28N2O2/c1-11-8-16(20-17-11)9-12(13(19)14(2,3)4)18(10-16)15(5,6)7/h12H,8-10H2,1-7H3. The van der Waals surface area contributed by atoms with E-state index in [1.807, 2.05) is 27.7 Å². The zero-order chi connectivity index (χ0) is 15.3. The van der Waals surface area contributed by atoms with E-state index < -0.39 is 0 Å². The van der Waals surface area contributed by atoms with E-state index in [1.54, 1.807) is 0 Å². The Labute approximate surface area is 122 Å². The summed E-state index contributed by atoms with van der Waals surface area (Å²) in [5, 5.41) is 4.12. The fourth-order valence-corrected chi connectivity index (χ4v) is 3.29. The number of ketones is 1. The lowest BCUT2D eigenvalue weighted by Crippen LogP contribution is -2.50. The number of carbonyl (C=O) groups excluding carboxylic acids is 1. The number of rotatable bonds is 1. The minimum absolute atomic E-state index is 0.0467. The number of Topliss-reactive ketones (excluding diaryl/α,β-unsaturated/α-hetero) is 1.